The molecular formula is C24H32N6O3. The largest absolute Gasteiger partial charge is 0.461 e. The summed E-state index contributed by atoms with van der Waals surface area (Å²) in [5.41, 5.74) is 3.04. The van der Waals surface area contributed by atoms with Crippen molar-refractivity contribution in [1.29, 1.82) is 0 Å². The van der Waals surface area contributed by atoms with Crippen LogP contribution in [0.15, 0.2) is 24.3 Å². The average Bonchev–Trinajstić information content (AvgIpc) is 3.52. The molecule has 3 aliphatic rings. The number of nitrogens with one attached hydrogen (secondary N) is 2. The van der Waals surface area contributed by atoms with Gasteiger partial charge in [-0.25, -0.2) is 0 Å². The van der Waals surface area contributed by atoms with E-state index in [1.807, 2.05) is 4.90 Å². The second-order valence-electron chi connectivity index (χ2n) is 8.96. The molecule has 1 amide bonds. The molecule has 0 radical (unpaired) electrons. The number of benzene rings is 1. The number of ether oxygens (including phenoxy) is 2. The van der Waals surface area contributed by atoms with Gasteiger partial charge in [0.05, 0.1) is 12.6 Å². The summed E-state index contributed by atoms with van der Waals surface area (Å²) < 4.78 is 11.5. The van der Waals surface area contributed by atoms with Crippen LogP contribution in [-0.2, 0) is 22.6 Å². The minimum absolute atomic E-state index is 0.0798. The summed E-state index contributed by atoms with van der Waals surface area (Å²) in [6.07, 6.45) is 4.68. The molecule has 3 aliphatic heterocycles. The fourth-order valence-electron chi connectivity index (χ4n) is 4.77. The highest BCUT2D eigenvalue weighted by Crippen LogP contribution is 2.35. The molecule has 1 aromatic heterocycles. The van der Waals surface area contributed by atoms with Crippen LogP contribution in [0.25, 0.3) is 0 Å². The molecule has 2 saturated heterocycles. The smallest absolute Gasteiger partial charge is 0.320 e. The van der Waals surface area contributed by atoms with E-state index in [1.165, 1.54) is 31.5 Å². The van der Waals surface area contributed by atoms with Crippen molar-refractivity contribution >= 4 is 23.2 Å². The van der Waals surface area contributed by atoms with Gasteiger partial charge in [0, 0.05) is 26.7 Å². The highest BCUT2D eigenvalue weighted by Gasteiger charge is 2.28. The Hall–Kier alpha value is -2.91. The number of fused-ring (bicyclic) bond motifs is 1. The lowest BCUT2D eigenvalue weighted by Crippen LogP contribution is -2.39. The molecule has 176 valence electrons. The fourth-order valence-corrected chi connectivity index (χ4v) is 4.77. The lowest BCUT2D eigenvalue weighted by atomic mass is 10.1. The minimum atomic E-state index is -0.0798. The highest BCUT2D eigenvalue weighted by molar-refractivity contribution is 6.03. The van der Waals surface area contributed by atoms with Crippen LogP contribution >= 0.6 is 0 Å². The first-order valence-corrected chi connectivity index (χ1v) is 11.9. The number of carbonyl (C=O) groups excluding carboxylic acids is 1. The summed E-state index contributed by atoms with van der Waals surface area (Å²) in [4.78, 5) is 26.1. The molecule has 9 nitrogen and oxygen atoms in total. The number of likely N-dealkylation sites (tertiary alicyclic amines) is 1. The summed E-state index contributed by atoms with van der Waals surface area (Å²) in [6.45, 7) is 5.32. The van der Waals surface area contributed by atoms with Crippen molar-refractivity contribution in [2.75, 3.05) is 55.4 Å². The second kappa shape index (κ2) is 9.93. The van der Waals surface area contributed by atoms with E-state index < -0.39 is 0 Å². The SMILES string of the molecule is CNc1nc(OCC2CCCO2)nc2c1NC(=O)CN2Cc1cccc(CN2CCCC2)c1. The van der Waals surface area contributed by atoms with E-state index in [1.54, 1.807) is 7.05 Å². The van der Waals surface area contributed by atoms with Gasteiger partial charge in [0.1, 0.15) is 12.3 Å². The quantitative estimate of drug-likeness (QED) is 0.632. The van der Waals surface area contributed by atoms with Crippen molar-refractivity contribution < 1.29 is 14.3 Å². The predicted octanol–water partition coefficient (Wildman–Crippen LogP) is 2.63. The van der Waals surface area contributed by atoms with Gasteiger partial charge in [0.2, 0.25) is 5.91 Å². The first-order chi connectivity index (χ1) is 16.2. The number of rotatable bonds is 8. The molecule has 2 aromatic rings. The summed E-state index contributed by atoms with van der Waals surface area (Å²) in [7, 11) is 1.78. The molecule has 5 rings (SSSR count). The van der Waals surface area contributed by atoms with Crippen LogP contribution in [0.4, 0.5) is 17.3 Å². The zero-order valence-corrected chi connectivity index (χ0v) is 19.2. The Kier molecular flexibility index (Phi) is 6.59. The lowest BCUT2D eigenvalue weighted by molar-refractivity contribution is -0.115. The molecule has 33 heavy (non-hydrogen) atoms. The van der Waals surface area contributed by atoms with E-state index in [2.05, 4.69) is 49.8 Å². The van der Waals surface area contributed by atoms with Gasteiger partial charge in [0.25, 0.3) is 0 Å². The molecule has 1 aromatic carbocycles. The number of carbonyl (C=O) groups is 1. The van der Waals surface area contributed by atoms with E-state index in [0.717, 1.165) is 31.6 Å². The second-order valence-corrected chi connectivity index (χ2v) is 8.96. The number of hydrogen-bond acceptors (Lipinski definition) is 8. The van der Waals surface area contributed by atoms with Crippen LogP contribution in [-0.4, -0.2) is 66.8 Å². The third-order valence-electron chi connectivity index (χ3n) is 6.40. The van der Waals surface area contributed by atoms with Gasteiger partial charge in [-0.05, 0) is 49.9 Å². The van der Waals surface area contributed by atoms with Gasteiger partial charge >= 0.3 is 6.01 Å². The normalized spacial score (nSPS) is 20.6. The Bertz CT molecular complexity index is 988. The first-order valence-electron chi connectivity index (χ1n) is 11.9. The molecule has 0 saturated carbocycles. The van der Waals surface area contributed by atoms with Crippen LogP contribution in [0.1, 0.15) is 36.8 Å². The Morgan fingerprint density at radius 3 is 2.76 bits per heavy atom. The summed E-state index contributed by atoms with van der Waals surface area (Å²) in [5, 5.41) is 5.99. The van der Waals surface area contributed by atoms with Crippen molar-refractivity contribution in [3.8, 4) is 6.01 Å². The number of amides is 1. The standard InChI is InChI=1S/C24H32N6O3/c1-25-22-21-23(28-24(27-22)33-16-19-8-5-11-32-19)30(15-20(31)26-21)14-18-7-4-6-17(12-18)13-29-9-2-3-10-29/h4,6-7,12,19H,2-3,5,8-11,13-16H2,1H3,(H,26,31)(H,25,27,28). The molecule has 0 aliphatic carbocycles. The van der Waals surface area contributed by atoms with Gasteiger partial charge in [-0.1, -0.05) is 24.3 Å². The van der Waals surface area contributed by atoms with E-state index in [0.29, 0.717) is 30.5 Å². The van der Waals surface area contributed by atoms with E-state index in [9.17, 15) is 4.79 Å². The number of anilines is 3. The molecule has 2 N–H and O–H groups in total. The molecule has 9 heteroatoms. The van der Waals surface area contributed by atoms with Crippen molar-refractivity contribution in [3.05, 3.63) is 35.4 Å². The Balaban J connectivity index is 1.36. The van der Waals surface area contributed by atoms with Gasteiger partial charge in [-0.2, -0.15) is 9.97 Å². The van der Waals surface area contributed by atoms with Crippen LogP contribution in [0, 0.1) is 0 Å². The predicted molar refractivity (Wildman–Crippen MR) is 127 cm³/mol. The third-order valence-corrected chi connectivity index (χ3v) is 6.40. The zero-order chi connectivity index (χ0) is 22.6. The van der Waals surface area contributed by atoms with E-state index in [4.69, 9.17) is 9.47 Å². The minimum Gasteiger partial charge on any atom is -0.461 e. The maximum absolute atomic E-state index is 12.5. The Labute approximate surface area is 194 Å². The summed E-state index contributed by atoms with van der Waals surface area (Å²) >= 11 is 0. The van der Waals surface area contributed by atoms with Crippen LogP contribution < -0.4 is 20.3 Å². The maximum Gasteiger partial charge on any atom is 0.320 e. The Morgan fingerprint density at radius 2 is 2.00 bits per heavy atom. The third kappa shape index (κ3) is 5.20. The van der Waals surface area contributed by atoms with E-state index in [-0.39, 0.29) is 24.6 Å². The van der Waals surface area contributed by atoms with Gasteiger partial charge in [-0.3, -0.25) is 9.69 Å². The van der Waals surface area contributed by atoms with Crippen LogP contribution in [0.2, 0.25) is 0 Å². The molecule has 1 unspecified atom stereocenters. The summed E-state index contributed by atoms with van der Waals surface area (Å²) in [6, 6.07) is 8.91. The maximum atomic E-state index is 12.5. The number of nitrogens with zero attached hydrogens (tertiary/aromatic N) is 4. The molecule has 2 fully saturated rings. The Morgan fingerprint density at radius 1 is 1.18 bits per heavy atom. The molecule has 0 spiro atoms. The first kappa shape index (κ1) is 21.9. The van der Waals surface area contributed by atoms with Crippen LogP contribution in [0.5, 0.6) is 6.01 Å². The molecule has 0 bridgehead atoms. The number of aromatic nitrogens is 2. The molecule has 4 heterocycles. The molecular weight excluding hydrogens is 420 g/mol. The van der Waals surface area contributed by atoms with E-state index >= 15 is 0 Å². The fraction of sp³-hybridized carbons (Fsp3) is 0.542. The van der Waals surface area contributed by atoms with Crippen molar-refractivity contribution in [2.24, 2.45) is 0 Å². The monoisotopic (exact) mass is 452 g/mol. The molecule has 1 atom stereocenters. The van der Waals surface area contributed by atoms with Crippen LogP contribution in [0.3, 0.4) is 0 Å². The lowest BCUT2D eigenvalue weighted by Gasteiger charge is -2.31. The average molecular weight is 453 g/mol. The summed E-state index contributed by atoms with van der Waals surface area (Å²) in [5.74, 6) is 1.13. The topological polar surface area (TPSA) is 91.8 Å². The zero-order valence-electron chi connectivity index (χ0n) is 19.2. The van der Waals surface area contributed by atoms with Crippen molar-refractivity contribution in [3.63, 3.8) is 0 Å². The van der Waals surface area contributed by atoms with Gasteiger partial charge in [-0.15, -0.1) is 0 Å². The van der Waals surface area contributed by atoms with Crippen molar-refractivity contribution in [2.45, 2.75) is 44.9 Å². The highest BCUT2D eigenvalue weighted by atomic mass is 16.5. The van der Waals surface area contributed by atoms with Gasteiger partial charge < -0.3 is 25.0 Å². The van der Waals surface area contributed by atoms with Gasteiger partial charge in [0.15, 0.2) is 11.6 Å². The number of hydrogen-bond donors (Lipinski definition) is 2. The van der Waals surface area contributed by atoms with Crippen molar-refractivity contribution in [1.82, 2.24) is 14.9 Å².